The molecule has 0 atom stereocenters. The average molecular weight is 522 g/mol. The zero-order valence-electron chi connectivity index (χ0n) is 20.5. The van der Waals surface area contributed by atoms with Crippen molar-refractivity contribution in [2.75, 3.05) is 35.3 Å². The third-order valence-electron chi connectivity index (χ3n) is 6.27. The number of halogens is 3. The van der Waals surface area contributed by atoms with Crippen molar-refractivity contribution in [1.29, 1.82) is 0 Å². The number of alkyl halides is 3. The third-order valence-corrected chi connectivity index (χ3v) is 7.05. The van der Waals surface area contributed by atoms with Gasteiger partial charge in [-0.1, -0.05) is 30.8 Å². The topological polar surface area (TPSA) is 44.3 Å². The first-order valence-corrected chi connectivity index (χ1v) is 12.7. The molecule has 190 valence electrons. The number of thiazole rings is 1. The molecule has 5 rings (SSSR count). The third kappa shape index (κ3) is 5.32. The molecule has 0 unspecified atom stereocenters. The molecule has 0 saturated carbocycles. The molecule has 1 aliphatic rings. The van der Waals surface area contributed by atoms with Crippen LogP contribution in [0.4, 0.5) is 30.4 Å². The van der Waals surface area contributed by atoms with E-state index in [4.69, 9.17) is 4.98 Å². The van der Waals surface area contributed by atoms with Gasteiger partial charge in [0.25, 0.3) is 0 Å². The van der Waals surface area contributed by atoms with Crippen molar-refractivity contribution in [2.45, 2.75) is 19.5 Å². The fraction of sp³-hybridized carbons (Fsp3) is 0.214. The quantitative estimate of drug-likeness (QED) is 0.296. The van der Waals surface area contributed by atoms with Gasteiger partial charge in [0, 0.05) is 42.3 Å². The molecule has 4 aromatic rings. The van der Waals surface area contributed by atoms with Gasteiger partial charge in [-0.05, 0) is 49.7 Å². The van der Waals surface area contributed by atoms with Crippen LogP contribution in [0.25, 0.3) is 22.5 Å². The smallest absolute Gasteiger partial charge is 0.372 e. The summed E-state index contributed by atoms with van der Waals surface area (Å²) >= 11 is 1.61. The van der Waals surface area contributed by atoms with E-state index < -0.39 is 11.7 Å². The van der Waals surface area contributed by atoms with Crippen LogP contribution in [0.2, 0.25) is 0 Å². The fourth-order valence-corrected chi connectivity index (χ4v) is 5.02. The van der Waals surface area contributed by atoms with Gasteiger partial charge >= 0.3 is 6.18 Å². The lowest BCUT2D eigenvalue weighted by Crippen LogP contribution is -2.28. The Balaban J connectivity index is 1.47. The Hall–Kier alpha value is -3.85. The summed E-state index contributed by atoms with van der Waals surface area (Å²) in [6.07, 6.45) is -3.55. The number of aromatic nitrogens is 2. The van der Waals surface area contributed by atoms with Crippen LogP contribution in [0, 0.1) is 6.92 Å². The zero-order chi connectivity index (χ0) is 26.2. The van der Waals surface area contributed by atoms with Gasteiger partial charge in [-0.2, -0.15) is 13.2 Å². The van der Waals surface area contributed by atoms with Gasteiger partial charge in [0.05, 0.1) is 27.6 Å². The van der Waals surface area contributed by atoms with E-state index in [1.54, 1.807) is 23.5 Å². The number of anilines is 3. The summed E-state index contributed by atoms with van der Waals surface area (Å²) in [4.78, 5) is 13.5. The number of rotatable bonds is 5. The Labute approximate surface area is 217 Å². The Morgan fingerprint density at radius 2 is 1.73 bits per heavy atom. The highest BCUT2D eigenvalue weighted by molar-refractivity contribution is 7.09. The Bertz CT molecular complexity index is 1450. The van der Waals surface area contributed by atoms with Gasteiger partial charge in [-0.25, -0.2) is 9.97 Å². The first kappa shape index (κ1) is 24.8. The number of fused-ring (bicyclic) bond motifs is 1. The Morgan fingerprint density at radius 3 is 2.46 bits per heavy atom. The normalized spacial score (nSPS) is 13.8. The monoisotopic (exact) mass is 521 g/mol. The van der Waals surface area contributed by atoms with Crippen LogP contribution in [0.3, 0.4) is 0 Å². The fourth-order valence-electron chi connectivity index (χ4n) is 4.39. The van der Waals surface area contributed by atoms with Crippen molar-refractivity contribution in [3.63, 3.8) is 0 Å². The van der Waals surface area contributed by atoms with E-state index in [0.29, 0.717) is 29.4 Å². The van der Waals surface area contributed by atoms with E-state index in [-0.39, 0.29) is 0 Å². The number of aryl methyl sites for hydroxylation is 1. The van der Waals surface area contributed by atoms with Gasteiger partial charge < -0.3 is 15.1 Å². The van der Waals surface area contributed by atoms with Crippen LogP contribution in [0.1, 0.15) is 17.0 Å². The lowest BCUT2D eigenvalue weighted by molar-refractivity contribution is -0.137. The molecule has 1 N–H and O–H groups in total. The number of nitrogens with zero attached hydrogens (tertiary/aromatic N) is 4. The van der Waals surface area contributed by atoms with E-state index in [1.165, 1.54) is 6.07 Å². The van der Waals surface area contributed by atoms with E-state index in [1.807, 2.05) is 54.6 Å². The minimum atomic E-state index is -4.42. The predicted octanol–water partition coefficient (Wildman–Crippen LogP) is 7.43. The van der Waals surface area contributed by atoms with Crippen molar-refractivity contribution in [3.8, 4) is 22.5 Å². The summed E-state index contributed by atoms with van der Waals surface area (Å²) in [5.41, 5.74) is 3.86. The SMILES string of the molecule is C=C(Nc1cccc(-c2csc(C)n2)c1)N1CCCN(C)c2ccc(-c3cccc(C(F)(F)F)c3)nc21. The second-order valence-electron chi connectivity index (χ2n) is 8.95. The maximum Gasteiger partial charge on any atom is 0.416 e. The lowest BCUT2D eigenvalue weighted by Gasteiger charge is -2.27. The molecule has 0 fully saturated rings. The molecule has 3 heterocycles. The summed E-state index contributed by atoms with van der Waals surface area (Å²) in [5, 5.41) is 6.44. The first-order chi connectivity index (χ1) is 17.7. The highest BCUT2D eigenvalue weighted by atomic mass is 32.1. The van der Waals surface area contributed by atoms with Crippen molar-refractivity contribution in [1.82, 2.24) is 9.97 Å². The number of hydrogen-bond donors (Lipinski definition) is 1. The van der Waals surface area contributed by atoms with Gasteiger partial charge in [0.2, 0.25) is 0 Å². The van der Waals surface area contributed by atoms with E-state index in [0.717, 1.165) is 52.7 Å². The van der Waals surface area contributed by atoms with Gasteiger partial charge in [0.1, 0.15) is 5.82 Å². The summed E-state index contributed by atoms with van der Waals surface area (Å²) < 4.78 is 39.9. The zero-order valence-corrected chi connectivity index (χ0v) is 21.3. The van der Waals surface area contributed by atoms with Crippen molar-refractivity contribution in [2.24, 2.45) is 0 Å². The number of hydrogen-bond acceptors (Lipinski definition) is 6. The second kappa shape index (κ2) is 9.89. The molecule has 37 heavy (non-hydrogen) atoms. The molecule has 2 aromatic heterocycles. The Morgan fingerprint density at radius 1 is 0.973 bits per heavy atom. The number of pyridine rings is 1. The molecule has 9 heteroatoms. The molecule has 1 aliphatic heterocycles. The number of nitrogens with one attached hydrogen (secondary N) is 1. The summed E-state index contributed by atoms with van der Waals surface area (Å²) in [5.74, 6) is 1.29. The van der Waals surface area contributed by atoms with E-state index >= 15 is 0 Å². The van der Waals surface area contributed by atoms with Crippen LogP contribution < -0.4 is 15.1 Å². The van der Waals surface area contributed by atoms with E-state index in [2.05, 4.69) is 21.8 Å². The molecule has 0 bridgehead atoms. The van der Waals surface area contributed by atoms with Gasteiger partial charge in [-0.3, -0.25) is 0 Å². The first-order valence-electron chi connectivity index (χ1n) is 11.8. The van der Waals surface area contributed by atoms with Crippen LogP contribution in [-0.4, -0.2) is 30.1 Å². The van der Waals surface area contributed by atoms with Crippen LogP contribution >= 0.6 is 11.3 Å². The van der Waals surface area contributed by atoms with E-state index in [9.17, 15) is 13.2 Å². The summed E-state index contributed by atoms with van der Waals surface area (Å²) in [6.45, 7) is 7.75. The maximum atomic E-state index is 13.3. The molecular weight excluding hydrogens is 495 g/mol. The Kier molecular flexibility index (Phi) is 6.64. The van der Waals surface area contributed by atoms with Gasteiger partial charge in [-0.15, -0.1) is 11.3 Å². The molecule has 2 aromatic carbocycles. The summed E-state index contributed by atoms with van der Waals surface area (Å²) in [6, 6.07) is 16.9. The minimum Gasteiger partial charge on any atom is -0.372 e. The van der Waals surface area contributed by atoms with Crippen molar-refractivity contribution < 1.29 is 13.2 Å². The highest BCUT2D eigenvalue weighted by Gasteiger charge is 2.31. The molecule has 0 aliphatic carbocycles. The predicted molar refractivity (Wildman–Crippen MR) is 145 cm³/mol. The average Bonchev–Trinajstić information content (AvgIpc) is 3.24. The minimum absolute atomic E-state index is 0.411. The molecule has 0 radical (unpaired) electrons. The van der Waals surface area contributed by atoms with Crippen LogP contribution in [0.15, 0.2) is 78.4 Å². The maximum absolute atomic E-state index is 13.3. The molecular formula is C28H26F3N5S. The van der Waals surface area contributed by atoms with Crippen molar-refractivity contribution >= 4 is 28.5 Å². The highest BCUT2D eigenvalue weighted by Crippen LogP contribution is 2.36. The van der Waals surface area contributed by atoms with Gasteiger partial charge in [0.15, 0.2) is 5.82 Å². The van der Waals surface area contributed by atoms with Crippen LogP contribution in [0.5, 0.6) is 0 Å². The lowest BCUT2D eigenvalue weighted by atomic mass is 10.1. The summed E-state index contributed by atoms with van der Waals surface area (Å²) in [7, 11) is 1.99. The molecule has 0 spiro atoms. The molecule has 0 amide bonds. The van der Waals surface area contributed by atoms with Crippen molar-refractivity contribution in [3.05, 3.63) is 89.0 Å². The second-order valence-corrected chi connectivity index (χ2v) is 10.0. The standard InChI is InChI=1S/C28H26F3N5S/c1-18(32-23-10-5-8-21(16-23)25-17-37-19(2)33-25)36-14-6-13-35(3)26-12-11-24(34-27(26)36)20-7-4-9-22(15-20)28(29,30)31/h4-5,7-12,15-17,32H,1,6,13-14H2,2-3H3. The van der Waals surface area contributed by atoms with Crippen LogP contribution in [-0.2, 0) is 6.18 Å². The largest absolute Gasteiger partial charge is 0.416 e. The molecule has 0 saturated heterocycles. The number of benzene rings is 2. The molecule has 5 nitrogen and oxygen atoms in total.